The van der Waals surface area contributed by atoms with Crippen LogP contribution in [-0.4, -0.2) is 36.0 Å². The van der Waals surface area contributed by atoms with E-state index in [0.29, 0.717) is 29.5 Å². The zero-order valence-corrected chi connectivity index (χ0v) is 21.4. The van der Waals surface area contributed by atoms with Crippen molar-refractivity contribution < 1.29 is 4.57 Å². The second-order valence-electron chi connectivity index (χ2n) is 7.53. The minimum absolute atomic E-state index is 0.392. The second kappa shape index (κ2) is 8.66. The van der Waals surface area contributed by atoms with E-state index in [9.17, 15) is 0 Å². The predicted octanol–water partition coefficient (Wildman–Crippen LogP) is 4.33. The summed E-state index contributed by atoms with van der Waals surface area (Å²) >= 11 is 0.784. The first-order valence-corrected chi connectivity index (χ1v) is 13.9. The Morgan fingerprint density at radius 3 is 2.52 bits per heavy atom. The first-order chi connectivity index (χ1) is 14.0. The fraction of sp³-hybridized carbons (Fsp3) is 0.320. The number of anilines is 1. The van der Waals surface area contributed by atoms with E-state index < -0.39 is 0 Å². The average Bonchev–Trinajstić information content (AvgIpc) is 3.23. The molecule has 2 aromatic carbocycles. The molecular formula is C25H29N2Se2+. The van der Waals surface area contributed by atoms with E-state index in [0.717, 1.165) is 19.5 Å². The molecule has 1 aliphatic heterocycles. The molecule has 2 heterocycles. The molecule has 3 aromatic rings. The van der Waals surface area contributed by atoms with E-state index in [4.69, 9.17) is 0 Å². The molecule has 0 saturated heterocycles. The van der Waals surface area contributed by atoms with Gasteiger partial charge in [0.25, 0.3) is 0 Å². The van der Waals surface area contributed by atoms with E-state index in [1.165, 1.54) is 45.8 Å². The van der Waals surface area contributed by atoms with E-state index in [1.54, 1.807) is 0 Å². The Morgan fingerprint density at radius 2 is 1.79 bits per heavy atom. The summed E-state index contributed by atoms with van der Waals surface area (Å²) in [4.78, 5) is 2.52. The van der Waals surface area contributed by atoms with Crippen LogP contribution in [0.1, 0.15) is 42.9 Å². The standard InChI is InChI=1S/C25H29N2Se2/c1-6-19(15-24-26(7-2)20-13-17(4)9-11-22(20)28-24)16-25-27(8-3)21-14-18(5)10-12-23(21)29-25/h9-16H,6-8H2,1-5H3/q+1. The molecule has 0 bridgehead atoms. The van der Waals surface area contributed by atoms with Crippen LogP contribution < -0.4 is 13.9 Å². The molecule has 4 rings (SSSR count). The summed E-state index contributed by atoms with van der Waals surface area (Å²) in [6.45, 7) is 13.3. The molecule has 150 valence electrons. The molecule has 0 saturated carbocycles. The molecule has 0 unspecified atom stereocenters. The molecule has 4 heteroatoms. The Hall–Kier alpha value is -1.57. The van der Waals surface area contributed by atoms with Gasteiger partial charge in [0.1, 0.15) is 0 Å². The quantitative estimate of drug-likeness (QED) is 0.363. The number of benzene rings is 2. The van der Waals surface area contributed by atoms with Gasteiger partial charge in [0.2, 0.25) is 0 Å². The van der Waals surface area contributed by atoms with Gasteiger partial charge in [-0.05, 0) is 0 Å². The number of hydrogen-bond acceptors (Lipinski definition) is 1. The number of fused-ring (bicyclic) bond motifs is 2. The van der Waals surface area contributed by atoms with Crippen LogP contribution in [-0.2, 0) is 6.54 Å². The molecule has 2 nitrogen and oxygen atoms in total. The van der Waals surface area contributed by atoms with Crippen LogP contribution in [0.15, 0.2) is 52.6 Å². The van der Waals surface area contributed by atoms with Crippen LogP contribution in [0.25, 0.3) is 15.9 Å². The molecule has 0 spiro atoms. The van der Waals surface area contributed by atoms with Gasteiger partial charge < -0.3 is 0 Å². The normalized spacial score (nSPS) is 15.6. The summed E-state index contributed by atoms with van der Waals surface area (Å²) in [6.07, 6.45) is 6.02. The molecule has 1 aliphatic rings. The van der Waals surface area contributed by atoms with E-state index in [-0.39, 0.29) is 0 Å². The Labute approximate surface area is 186 Å². The van der Waals surface area contributed by atoms with Gasteiger partial charge in [-0.25, -0.2) is 0 Å². The number of rotatable bonds is 5. The Bertz CT molecular complexity index is 1120. The van der Waals surface area contributed by atoms with Gasteiger partial charge in [0.15, 0.2) is 0 Å². The van der Waals surface area contributed by atoms with Crippen molar-refractivity contribution in [1.82, 2.24) is 0 Å². The third kappa shape index (κ3) is 4.05. The van der Waals surface area contributed by atoms with Crippen molar-refractivity contribution in [3.63, 3.8) is 0 Å². The molecular weight excluding hydrogens is 486 g/mol. The fourth-order valence-corrected chi connectivity index (χ4v) is 8.82. The van der Waals surface area contributed by atoms with Gasteiger partial charge in [0, 0.05) is 0 Å². The Morgan fingerprint density at radius 1 is 1.03 bits per heavy atom. The zero-order chi connectivity index (χ0) is 20.5. The van der Waals surface area contributed by atoms with Crippen molar-refractivity contribution in [2.24, 2.45) is 0 Å². The maximum absolute atomic E-state index is 2.52. The van der Waals surface area contributed by atoms with Crippen LogP contribution in [0.4, 0.5) is 5.69 Å². The maximum atomic E-state index is 2.52. The van der Waals surface area contributed by atoms with Crippen molar-refractivity contribution in [2.75, 3.05) is 11.4 Å². The summed E-state index contributed by atoms with van der Waals surface area (Å²) in [5.41, 5.74) is 6.99. The van der Waals surface area contributed by atoms with Crippen molar-refractivity contribution >= 4 is 55.5 Å². The number of hydrogen-bond donors (Lipinski definition) is 0. The molecule has 0 fully saturated rings. The molecule has 0 atom stereocenters. The molecule has 0 N–H and O–H groups in total. The van der Waals surface area contributed by atoms with Crippen molar-refractivity contribution in [3.8, 4) is 0 Å². The van der Waals surface area contributed by atoms with Crippen LogP contribution in [0.3, 0.4) is 0 Å². The van der Waals surface area contributed by atoms with Gasteiger partial charge in [0.05, 0.1) is 0 Å². The topological polar surface area (TPSA) is 7.12 Å². The van der Waals surface area contributed by atoms with E-state index in [1.807, 2.05) is 0 Å². The predicted molar refractivity (Wildman–Crippen MR) is 127 cm³/mol. The van der Waals surface area contributed by atoms with Gasteiger partial charge in [-0.2, -0.15) is 0 Å². The molecule has 1 aromatic heterocycles. The van der Waals surface area contributed by atoms with Crippen LogP contribution in [0, 0.1) is 13.8 Å². The van der Waals surface area contributed by atoms with Crippen LogP contribution in [0.5, 0.6) is 0 Å². The zero-order valence-electron chi connectivity index (χ0n) is 18.0. The summed E-state index contributed by atoms with van der Waals surface area (Å²) in [5, 5.41) is 0. The van der Waals surface area contributed by atoms with Crippen molar-refractivity contribution in [2.45, 2.75) is 47.6 Å². The number of nitrogens with zero attached hydrogens (tertiary/aromatic N) is 2. The fourth-order valence-electron chi connectivity index (χ4n) is 3.85. The third-order valence-electron chi connectivity index (χ3n) is 5.43. The summed E-state index contributed by atoms with van der Waals surface area (Å²) in [6, 6.07) is 13.9. The van der Waals surface area contributed by atoms with E-state index >= 15 is 0 Å². The first kappa shape index (κ1) is 20.7. The number of allylic oxidation sites excluding steroid dienone is 2. The molecule has 0 aliphatic carbocycles. The second-order valence-corrected chi connectivity index (χ2v) is 12.0. The van der Waals surface area contributed by atoms with Crippen LogP contribution >= 0.6 is 0 Å². The minimum atomic E-state index is 0.392. The SMILES string of the molecule is CCC(=Cc1[se]c2ccc(C)cc2[n+]1CC)C=C1[Se]c2ccc(C)cc2N1CC. The van der Waals surface area contributed by atoms with Gasteiger partial charge in [-0.3, -0.25) is 0 Å². The number of aryl methyl sites for hydroxylation is 3. The van der Waals surface area contributed by atoms with Gasteiger partial charge >= 0.3 is 187 Å². The Balaban J connectivity index is 1.75. The first-order valence-electron chi connectivity index (χ1n) is 10.4. The molecule has 29 heavy (non-hydrogen) atoms. The number of aromatic nitrogens is 1. The van der Waals surface area contributed by atoms with E-state index in [2.05, 4.69) is 92.6 Å². The monoisotopic (exact) mass is 517 g/mol. The summed E-state index contributed by atoms with van der Waals surface area (Å²) < 4.78 is 8.55. The average molecular weight is 515 g/mol. The van der Waals surface area contributed by atoms with Gasteiger partial charge in [-0.1, -0.05) is 0 Å². The summed E-state index contributed by atoms with van der Waals surface area (Å²) in [5.74, 6) is 0. The van der Waals surface area contributed by atoms with Crippen LogP contribution in [0.2, 0.25) is 0 Å². The molecule has 0 amide bonds. The third-order valence-corrected chi connectivity index (χ3v) is 10.1. The van der Waals surface area contributed by atoms with Crippen molar-refractivity contribution in [1.29, 1.82) is 0 Å². The Kier molecular flexibility index (Phi) is 6.18. The van der Waals surface area contributed by atoms with Gasteiger partial charge in [-0.15, -0.1) is 0 Å². The van der Waals surface area contributed by atoms with Crippen molar-refractivity contribution in [3.05, 3.63) is 68.3 Å². The molecule has 0 radical (unpaired) electrons. The summed E-state index contributed by atoms with van der Waals surface area (Å²) in [7, 11) is 0.